The summed E-state index contributed by atoms with van der Waals surface area (Å²) in [5.41, 5.74) is 1.26. The van der Waals surface area contributed by atoms with Crippen LogP contribution in [0.5, 0.6) is 0 Å². The van der Waals surface area contributed by atoms with Gasteiger partial charge in [-0.15, -0.1) is 0 Å². The molecule has 10 heteroatoms. The number of carbonyl (C=O) groups excluding carboxylic acids is 3. The molecule has 0 unspecified atom stereocenters. The number of nitrogens with one attached hydrogen (secondary N) is 1. The lowest BCUT2D eigenvalue weighted by Gasteiger charge is -2.31. The van der Waals surface area contributed by atoms with E-state index in [2.05, 4.69) is 15.5 Å². The van der Waals surface area contributed by atoms with Crippen LogP contribution in [0.2, 0.25) is 0 Å². The number of ether oxygens (including phenoxy) is 1. The zero-order valence-corrected chi connectivity index (χ0v) is 16.2. The predicted molar refractivity (Wildman–Crippen MR) is 99.6 cm³/mol. The van der Waals surface area contributed by atoms with Crippen LogP contribution in [-0.2, 0) is 28.4 Å². The minimum absolute atomic E-state index is 0.112. The molecule has 0 saturated carbocycles. The normalized spacial score (nSPS) is 14.8. The van der Waals surface area contributed by atoms with Crippen LogP contribution in [0.25, 0.3) is 0 Å². The van der Waals surface area contributed by atoms with E-state index < -0.39 is 17.8 Å². The molecule has 3 rings (SSSR count). The topological polar surface area (TPSA) is 111 Å². The standard InChI is InChI=1S/C18H24N6O4/c1-4-28-18(27)14-10-20-23(3)15(14)21-16(25)17(26)24-7-5-12(6-8-24)13-9-19-22(2)11-13/h9-12H,4-8H2,1-3H3,(H,21,25). The number of esters is 1. The van der Waals surface area contributed by atoms with Crippen molar-refractivity contribution in [3.63, 3.8) is 0 Å². The minimum atomic E-state index is -0.797. The summed E-state index contributed by atoms with van der Waals surface area (Å²) in [4.78, 5) is 38.5. The van der Waals surface area contributed by atoms with Gasteiger partial charge in [0.25, 0.3) is 0 Å². The molecule has 2 aromatic rings. The van der Waals surface area contributed by atoms with Crippen LogP contribution in [0.4, 0.5) is 5.82 Å². The SMILES string of the molecule is CCOC(=O)c1cnn(C)c1NC(=O)C(=O)N1CCC(c2cnn(C)c2)CC1. The molecule has 0 bridgehead atoms. The van der Waals surface area contributed by atoms with Crippen LogP contribution in [0.15, 0.2) is 18.6 Å². The Bertz CT molecular complexity index is 879. The van der Waals surface area contributed by atoms with Gasteiger partial charge in [0, 0.05) is 33.4 Å². The molecule has 1 aliphatic heterocycles. The molecule has 2 amide bonds. The number of likely N-dealkylation sites (tertiary alicyclic amines) is 1. The lowest BCUT2D eigenvalue weighted by atomic mass is 9.91. The van der Waals surface area contributed by atoms with E-state index in [4.69, 9.17) is 4.74 Å². The zero-order chi connectivity index (χ0) is 20.3. The Morgan fingerprint density at radius 1 is 1.18 bits per heavy atom. The largest absolute Gasteiger partial charge is 0.462 e. The van der Waals surface area contributed by atoms with Crippen molar-refractivity contribution in [2.75, 3.05) is 25.0 Å². The van der Waals surface area contributed by atoms with Crippen molar-refractivity contribution >= 4 is 23.6 Å². The number of nitrogens with zero attached hydrogens (tertiary/aromatic N) is 5. The number of hydrogen-bond acceptors (Lipinski definition) is 6. The first kappa shape index (κ1) is 19.6. The lowest BCUT2D eigenvalue weighted by molar-refractivity contribution is -0.143. The third kappa shape index (κ3) is 4.05. The van der Waals surface area contributed by atoms with Crippen LogP contribution in [-0.4, -0.2) is 61.9 Å². The second-order valence-electron chi connectivity index (χ2n) is 6.72. The van der Waals surface area contributed by atoms with Crippen molar-refractivity contribution in [3.05, 3.63) is 29.7 Å². The molecule has 0 atom stereocenters. The van der Waals surface area contributed by atoms with Gasteiger partial charge in [0.1, 0.15) is 11.4 Å². The van der Waals surface area contributed by atoms with E-state index in [-0.39, 0.29) is 18.0 Å². The molecule has 150 valence electrons. The maximum Gasteiger partial charge on any atom is 0.343 e. The van der Waals surface area contributed by atoms with Gasteiger partial charge in [-0.25, -0.2) is 4.79 Å². The van der Waals surface area contributed by atoms with Gasteiger partial charge in [0.05, 0.1) is 19.0 Å². The highest BCUT2D eigenvalue weighted by Crippen LogP contribution is 2.27. The Morgan fingerprint density at radius 2 is 1.89 bits per heavy atom. The Labute approximate surface area is 162 Å². The summed E-state index contributed by atoms with van der Waals surface area (Å²) in [7, 11) is 3.44. The fourth-order valence-electron chi connectivity index (χ4n) is 3.32. The molecule has 0 radical (unpaired) electrons. The van der Waals surface area contributed by atoms with Gasteiger partial charge in [-0.2, -0.15) is 10.2 Å². The van der Waals surface area contributed by atoms with Gasteiger partial charge in [0.15, 0.2) is 0 Å². The van der Waals surface area contributed by atoms with E-state index >= 15 is 0 Å². The van der Waals surface area contributed by atoms with Gasteiger partial charge >= 0.3 is 17.8 Å². The van der Waals surface area contributed by atoms with E-state index in [1.165, 1.54) is 15.8 Å². The molecule has 3 heterocycles. The van der Waals surface area contributed by atoms with Crippen molar-refractivity contribution < 1.29 is 19.1 Å². The number of amides is 2. The maximum absolute atomic E-state index is 12.5. The average Bonchev–Trinajstić information content (AvgIpc) is 3.28. The van der Waals surface area contributed by atoms with E-state index in [0.717, 1.165) is 18.4 Å². The first-order valence-electron chi connectivity index (χ1n) is 9.18. The summed E-state index contributed by atoms with van der Waals surface area (Å²) in [5, 5.41) is 10.6. The number of rotatable bonds is 4. The Hall–Kier alpha value is -3.17. The highest BCUT2D eigenvalue weighted by atomic mass is 16.5. The summed E-state index contributed by atoms with van der Waals surface area (Å²) in [6.07, 6.45) is 6.66. The molecular weight excluding hydrogens is 364 g/mol. The van der Waals surface area contributed by atoms with E-state index in [9.17, 15) is 14.4 Å². The van der Waals surface area contributed by atoms with Crippen LogP contribution in [0.1, 0.15) is 41.6 Å². The smallest absolute Gasteiger partial charge is 0.343 e. The summed E-state index contributed by atoms with van der Waals surface area (Å²) in [6.45, 7) is 2.86. The van der Waals surface area contributed by atoms with E-state index in [1.54, 1.807) is 18.7 Å². The number of anilines is 1. The van der Waals surface area contributed by atoms with Crippen LogP contribution in [0.3, 0.4) is 0 Å². The fraction of sp³-hybridized carbons (Fsp3) is 0.500. The monoisotopic (exact) mass is 388 g/mol. The summed E-state index contributed by atoms with van der Waals surface area (Å²) in [6, 6.07) is 0. The Balaban J connectivity index is 1.61. The average molecular weight is 388 g/mol. The van der Waals surface area contributed by atoms with Crippen molar-refractivity contribution in [2.24, 2.45) is 14.1 Å². The molecule has 1 aliphatic rings. The summed E-state index contributed by atoms with van der Waals surface area (Å²) in [5.74, 6) is -1.55. The molecular formula is C18H24N6O4. The Kier molecular flexibility index (Phi) is 5.76. The van der Waals surface area contributed by atoms with E-state index in [0.29, 0.717) is 19.0 Å². The molecule has 2 aromatic heterocycles. The molecule has 1 fully saturated rings. The summed E-state index contributed by atoms with van der Waals surface area (Å²) < 4.78 is 8.03. The van der Waals surface area contributed by atoms with Crippen LogP contribution in [0, 0.1) is 0 Å². The number of piperidine rings is 1. The third-order valence-corrected chi connectivity index (χ3v) is 4.84. The second-order valence-corrected chi connectivity index (χ2v) is 6.72. The molecule has 1 N–H and O–H groups in total. The third-order valence-electron chi connectivity index (χ3n) is 4.84. The van der Waals surface area contributed by atoms with Gasteiger partial charge in [0.2, 0.25) is 0 Å². The summed E-state index contributed by atoms with van der Waals surface area (Å²) >= 11 is 0. The molecule has 10 nitrogen and oxygen atoms in total. The highest BCUT2D eigenvalue weighted by Gasteiger charge is 2.29. The lowest BCUT2D eigenvalue weighted by Crippen LogP contribution is -2.44. The number of aryl methyl sites for hydroxylation is 2. The zero-order valence-electron chi connectivity index (χ0n) is 16.2. The quantitative estimate of drug-likeness (QED) is 0.609. The molecule has 28 heavy (non-hydrogen) atoms. The molecule has 1 saturated heterocycles. The molecule has 0 spiro atoms. The fourth-order valence-corrected chi connectivity index (χ4v) is 3.32. The molecule has 0 aliphatic carbocycles. The van der Waals surface area contributed by atoms with Gasteiger partial charge in [-0.3, -0.25) is 19.0 Å². The number of aromatic nitrogens is 4. The first-order valence-corrected chi connectivity index (χ1v) is 9.18. The van der Waals surface area contributed by atoms with Gasteiger partial charge < -0.3 is 15.0 Å². The van der Waals surface area contributed by atoms with Gasteiger partial charge in [-0.05, 0) is 31.2 Å². The van der Waals surface area contributed by atoms with Crippen LogP contribution < -0.4 is 5.32 Å². The van der Waals surface area contributed by atoms with Crippen LogP contribution >= 0.6 is 0 Å². The molecule has 0 aromatic carbocycles. The maximum atomic E-state index is 12.5. The first-order chi connectivity index (χ1) is 13.4. The number of hydrogen-bond donors (Lipinski definition) is 1. The Morgan fingerprint density at radius 3 is 2.50 bits per heavy atom. The second kappa shape index (κ2) is 8.24. The van der Waals surface area contributed by atoms with Crippen molar-refractivity contribution in [1.82, 2.24) is 24.5 Å². The van der Waals surface area contributed by atoms with E-state index in [1.807, 2.05) is 19.4 Å². The highest BCUT2D eigenvalue weighted by molar-refractivity contribution is 6.39. The minimum Gasteiger partial charge on any atom is -0.462 e. The van der Waals surface area contributed by atoms with Crippen molar-refractivity contribution in [3.8, 4) is 0 Å². The number of carbonyl (C=O) groups is 3. The van der Waals surface area contributed by atoms with Crippen molar-refractivity contribution in [2.45, 2.75) is 25.7 Å². The van der Waals surface area contributed by atoms with Gasteiger partial charge in [-0.1, -0.05) is 0 Å². The van der Waals surface area contributed by atoms with Crippen molar-refractivity contribution in [1.29, 1.82) is 0 Å². The predicted octanol–water partition coefficient (Wildman–Crippen LogP) is 0.675.